The molecule has 4 nitrogen and oxygen atoms in total. The molecule has 2 aromatic carbocycles. The number of ether oxygens (including phenoxy) is 1. The van der Waals surface area contributed by atoms with Crippen molar-refractivity contribution in [1.29, 1.82) is 0 Å². The van der Waals surface area contributed by atoms with Crippen LogP contribution >= 0.6 is 11.8 Å². The quantitative estimate of drug-likeness (QED) is 0.309. The summed E-state index contributed by atoms with van der Waals surface area (Å²) >= 11 is 1.69. The third kappa shape index (κ3) is 5.27. The van der Waals surface area contributed by atoms with Crippen molar-refractivity contribution in [2.45, 2.75) is 89.7 Å². The lowest BCUT2D eigenvalue weighted by molar-refractivity contribution is 0.0425. The maximum absolute atomic E-state index is 14.0. The summed E-state index contributed by atoms with van der Waals surface area (Å²) < 4.78 is 13.6. The van der Waals surface area contributed by atoms with Crippen molar-refractivity contribution in [3.63, 3.8) is 0 Å². The molecule has 1 fully saturated rings. The monoisotopic (exact) mass is 527 g/mol. The van der Waals surface area contributed by atoms with Gasteiger partial charge in [-0.1, -0.05) is 109 Å². The number of rotatable bonds is 9. The number of carbonyl (C=O) groups is 1. The Morgan fingerprint density at radius 1 is 0.944 bits per heavy atom. The highest BCUT2D eigenvalue weighted by Gasteiger charge is 2.60. The van der Waals surface area contributed by atoms with Crippen LogP contribution in [0.2, 0.25) is 18.1 Å². The molecular formula is C30H45NO3SSi. The minimum Gasteiger partial charge on any atom is -0.431 e. The summed E-state index contributed by atoms with van der Waals surface area (Å²) in [6.45, 7) is 20.2. The summed E-state index contributed by atoms with van der Waals surface area (Å²) in [4.78, 5) is 16.0. The number of hydrogen-bond donors (Lipinski definition) is 0. The van der Waals surface area contributed by atoms with Crippen molar-refractivity contribution >= 4 is 26.2 Å². The van der Waals surface area contributed by atoms with Gasteiger partial charge in [-0.25, -0.2) is 4.79 Å². The first kappa shape index (κ1) is 28.8. The molecule has 0 bridgehead atoms. The fourth-order valence-electron chi connectivity index (χ4n) is 5.06. The molecule has 0 radical (unpaired) electrons. The summed E-state index contributed by atoms with van der Waals surface area (Å²) in [5, 5.41) is -0.0995. The van der Waals surface area contributed by atoms with Crippen molar-refractivity contribution in [2.24, 2.45) is 11.8 Å². The number of benzene rings is 2. The second-order valence-corrected chi connectivity index (χ2v) is 17.9. The molecule has 1 amide bonds. The van der Waals surface area contributed by atoms with Gasteiger partial charge < -0.3 is 9.16 Å². The molecule has 198 valence electrons. The molecule has 3 atom stereocenters. The van der Waals surface area contributed by atoms with Gasteiger partial charge in [-0.05, 0) is 36.2 Å². The van der Waals surface area contributed by atoms with Crippen molar-refractivity contribution in [3.8, 4) is 0 Å². The molecule has 0 saturated carbocycles. The van der Waals surface area contributed by atoms with Crippen molar-refractivity contribution < 1.29 is 14.0 Å². The highest BCUT2D eigenvalue weighted by Crippen LogP contribution is 2.50. The fourth-order valence-corrected chi connectivity index (χ4v) is 7.67. The summed E-state index contributed by atoms with van der Waals surface area (Å²) in [6.07, 6.45) is 1.70. The number of cyclic esters (lactones) is 1. The third-order valence-electron chi connectivity index (χ3n) is 7.90. The Bertz CT molecular complexity index is 964. The topological polar surface area (TPSA) is 38.8 Å². The number of carbonyl (C=O) groups excluding carboxylic acids is 1. The molecule has 1 aliphatic heterocycles. The highest BCUT2D eigenvalue weighted by atomic mass is 32.2. The van der Waals surface area contributed by atoms with Crippen LogP contribution in [-0.2, 0) is 14.8 Å². The minimum atomic E-state index is -2.09. The van der Waals surface area contributed by atoms with Gasteiger partial charge in [0.15, 0.2) is 13.9 Å². The van der Waals surface area contributed by atoms with Crippen LogP contribution in [0, 0.1) is 11.8 Å². The van der Waals surface area contributed by atoms with Gasteiger partial charge in [0.05, 0.1) is 12.1 Å². The van der Waals surface area contributed by atoms with Gasteiger partial charge in [0, 0.05) is 11.1 Å². The van der Waals surface area contributed by atoms with Crippen molar-refractivity contribution in [2.75, 3.05) is 6.26 Å². The molecule has 3 rings (SSSR count). The van der Waals surface area contributed by atoms with Gasteiger partial charge in [0.25, 0.3) is 0 Å². The maximum atomic E-state index is 14.0. The Kier molecular flexibility index (Phi) is 8.74. The van der Waals surface area contributed by atoms with E-state index in [0.29, 0.717) is 0 Å². The molecule has 0 N–H and O–H groups in total. The zero-order chi connectivity index (χ0) is 26.9. The Balaban J connectivity index is 2.19. The maximum Gasteiger partial charge on any atom is 0.412 e. The van der Waals surface area contributed by atoms with Crippen LogP contribution in [0.1, 0.15) is 59.6 Å². The Morgan fingerprint density at radius 2 is 1.42 bits per heavy atom. The number of thioether (sulfide) groups is 1. The molecule has 0 spiro atoms. The van der Waals surface area contributed by atoms with E-state index >= 15 is 0 Å². The fraction of sp³-hybridized carbons (Fsp3) is 0.567. The summed E-state index contributed by atoms with van der Waals surface area (Å²) in [6, 6.07) is 20.2. The molecule has 1 saturated heterocycles. The molecule has 1 aliphatic rings. The summed E-state index contributed by atoms with van der Waals surface area (Å²) in [5.41, 5.74) is 1.09. The van der Waals surface area contributed by atoms with Gasteiger partial charge >= 0.3 is 6.09 Å². The predicted octanol–water partition coefficient (Wildman–Crippen LogP) is 8.14. The largest absolute Gasteiger partial charge is 0.431 e. The molecule has 1 heterocycles. The lowest BCUT2D eigenvalue weighted by Crippen LogP contribution is -2.57. The molecule has 36 heavy (non-hydrogen) atoms. The normalized spacial score (nSPS) is 20.1. The van der Waals surface area contributed by atoms with Gasteiger partial charge in [0.1, 0.15) is 5.37 Å². The third-order valence-corrected chi connectivity index (χ3v) is 13.4. The van der Waals surface area contributed by atoms with E-state index in [4.69, 9.17) is 9.16 Å². The van der Waals surface area contributed by atoms with Crippen LogP contribution in [0.15, 0.2) is 60.7 Å². The van der Waals surface area contributed by atoms with Crippen molar-refractivity contribution in [1.82, 2.24) is 4.90 Å². The van der Waals surface area contributed by atoms with E-state index in [9.17, 15) is 4.79 Å². The van der Waals surface area contributed by atoms with E-state index in [1.165, 1.54) is 0 Å². The molecule has 0 aromatic heterocycles. The first-order valence-electron chi connectivity index (χ1n) is 13.1. The molecule has 0 aliphatic carbocycles. The summed E-state index contributed by atoms with van der Waals surface area (Å²) in [7, 11) is -2.09. The first-order chi connectivity index (χ1) is 16.8. The molecule has 6 heteroatoms. The highest BCUT2D eigenvalue weighted by molar-refractivity contribution is 7.99. The standard InChI is InChI=1S/C30H45NO3SSi/c1-21(2)25(34-36(9,10)29(5,6)7)27(35-8)31-26(22(3)4)30(33-28(31)32,23-17-13-11-14-18-23)24-19-15-12-16-20-24/h11-22,25-27H,1-10H3/t25-,26-,27-/m0/s1. The van der Waals surface area contributed by atoms with Gasteiger partial charge in [-0.15, -0.1) is 11.8 Å². The zero-order valence-electron chi connectivity index (χ0n) is 23.7. The average Bonchev–Trinajstić information content (AvgIpc) is 3.13. The van der Waals surface area contributed by atoms with Gasteiger partial charge in [-0.3, -0.25) is 4.90 Å². The van der Waals surface area contributed by atoms with E-state index in [1.54, 1.807) is 11.8 Å². The van der Waals surface area contributed by atoms with E-state index in [1.807, 2.05) is 41.3 Å². The smallest absolute Gasteiger partial charge is 0.412 e. The molecule has 0 unspecified atom stereocenters. The number of nitrogens with zero attached hydrogens (tertiary/aromatic N) is 1. The van der Waals surface area contributed by atoms with E-state index in [2.05, 4.69) is 92.1 Å². The van der Waals surface area contributed by atoms with Crippen LogP contribution < -0.4 is 0 Å². The number of amides is 1. The van der Waals surface area contributed by atoms with Gasteiger partial charge in [0.2, 0.25) is 0 Å². The Hall–Kier alpha value is -1.76. The predicted molar refractivity (Wildman–Crippen MR) is 155 cm³/mol. The van der Waals surface area contributed by atoms with E-state index < -0.39 is 13.9 Å². The summed E-state index contributed by atoms with van der Waals surface area (Å²) in [5.74, 6) is 0.382. The second-order valence-electron chi connectivity index (χ2n) is 12.1. The molecular weight excluding hydrogens is 482 g/mol. The van der Waals surface area contributed by atoms with Crippen LogP contribution in [0.25, 0.3) is 0 Å². The SMILES string of the molecule is CS[C@@H]([C@@H](O[Si](C)(C)C(C)(C)C)C(C)C)N1C(=O)OC(c2ccccc2)(c2ccccc2)[C@@H]1C(C)C. The average molecular weight is 528 g/mol. The minimum absolute atomic E-state index is 0.0733. The second kappa shape index (κ2) is 10.9. The van der Waals surface area contributed by atoms with E-state index in [-0.39, 0.29) is 40.5 Å². The van der Waals surface area contributed by atoms with Gasteiger partial charge in [-0.2, -0.15) is 0 Å². The lowest BCUT2D eigenvalue weighted by atomic mass is 9.75. The zero-order valence-corrected chi connectivity index (χ0v) is 25.6. The lowest BCUT2D eigenvalue weighted by Gasteiger charge is -2.46. The van der Waals surface area contributed by atoms with Crippen LogP contribution in [-0.4, -0.2) is 43.1 Å². The van der Waals surface area contributed by atoms with Crippen LogP contribution in [0.4, 0.5) is 4.79 Å². The molecule has 2 aromatic rings. The Labute approximate surface area is 224 Å². The van der Waals surface area contributed by atoms with Crippen LogP contribution in [0.3, 0.4) is 0 Å². The Morgan fingerprint density at radius 3 is 1.78 bits per heavy atom. The van der Waals surface area contributed by atoms with E-state index in [0.717, 1.165) is 11.1 Å². The van der Waals surface area contributed by atoms with Crippen molar-refractivity contribution in [3.05, 3.63) is 71.8 Å². The number of hydrogen-bond acceptors (Lipinski definition) is 4. The first-order valence-corrected chi connectivity index (χ1v) is 17.3. The van der Waals surface area contributed by atoms with Crippen LogP contribution in [0.5, 0.6) is 0 Å².